The first kappa shape index (κ1) is 22.5. The Morgan fingerprint density at radius 3 is 2.47 bits per heavy atom. The lowest BCUT2D eigenvalue weighted by Gasteiger charge is -2.30. The molecule has 176 valence electrons. The number of furan rings is 1. The molecule has 0 spiro atoms. The van der Waals surface area contributed by atoms with E-state index in [4.69, 9.17) is 16.0 Å². The molecule has 0 bridgehead atoms. The lowest BCUT2D eigenvalue weighted by atomic mass is 9.90. The molecule has 0 unspecified atom stereocenters. The molecule has 2 aromatic carbocycles. The van der Waals surface area contributed by atoms with Crippen LogP contribution in [-0.4, -0.2) is 23.0 Å². The van der Waals surface area contributed by atoms with Gasteiger partial charge in [0.05, 0.1) is 5.52 Å². The number of amides is 1. The minimum atomic E-state index is -4.55. The minimum absolute atomic E-state index is 0.0341. The lowest BCUT2D eigenvalue weighted by molar-refractivity contribution is -0.140. The second kappa shape index (κ2) is 8.83. The van der Waals surface area contributed by atoms with Crippen LogP contribution >= 0.6 is 11.6 Å². The van der Waals surface area contributed by atoms with Crippen molar-refractivity contribution < 1.29 is 22.4 Å². The first-order valence-electron chi connectivity index (χ1n) is 11.0. The van der Waals surface area contributed by atoms with Crippen LogP contribution in [0.25, 0.3) is 21.9 Å². The summed E-state index contributed by atoms with van der Waals surface area (Å²) >= 11 is 6.08. The second-order valence-electron chi connectivity index (χ2n) is 8.53. The van der Waals surface area contributed by atoms with Crippen LogP contribution in [0.4, 0.5) is 18.9 Å². The van der Waals surface area contributed by atoms with Crippen molar-refractivity contribution in [2.75, 3.05) is 5.32 Å². The molecule has 9 heteroatoms. The summed E-state index contributed by atoms with van der Waals surface area (Å²) in [6.45, 7) is 0. The van der Waals surface area contributed by atoms with E-state index in [1.807, 2.05) is 24.3 Å². The Balaban J connectivity index is 1.26. The van der Waals surface area contributed by atoms with Crippen LogP contribution in [-0.2, 0) is 6.18 Å². The Labute approximate surface area is 198 Å². The molecule has 2 aromatic heterocycles. The molecule has 1 aliphatic rings. The van der Waals surface area contributed by atoms with Crippen molar-refractivity contribution >= 4 is 45.1 Å². The highest BCUT2D eigenvalue weighted by Crippen LogP contribution is 2.35. The zero-order chi connectivity index (χ0) is 23.9. The van der Waals surface area contributed by atoms with Gasteiger partial charge in [-0.3, -0.25) is 4.79 Å². The predicted octanol–water partition coefficient (Wildman–Crippen LogP) is 6.81. The van der Waals surface area contributed by atoms with E-state index in [0.717, 1.165) is 11.5 Å². The summed E-state index contributed by atoms with van der Waals surface area (Å²) in [6, 6.07) is 14.7. The zero-order valence-electron chi connectivity index (χ0n) is 18.0. The maximum atomic E-state index is 13.4. The Hall–Kier alpha value is -3.26. The van der Waals surface area contributed by atoms with Gasteiger partial charge in [-0.15, -0.1) is 0 Å². The molecule has 1 aliphatic carbocycles. The number of aromatic nitrogens is 1. The van der Waals surface area contributed by atoms with Crippen LogP contribution in [0.5, 0.6) is 0 Å². The molecule has 0 radical (unpaired) electrons. The van der Waals surface area contributed by atoms with Gasteiger partial charge in [-0.1, -0.05) is 29.8 Å². The van der Waals surface area contributed by atoms with Crippen LogP contribution in [0.3, 0.4) is 0 Å². The van der Waals surface area contributed by atoms with Gasteiger partial charge in [-0.25, -0.2) is 4.98 Å². The maximum absolute atomic E-state index is 13.4. The highest BCUT2D eigenvalue weighted by atomic mass is 35.5. The number of pyridine rings is 1. The number of nitrogens with zero attached hydrogens (tertiary/aromatic N) is 1. The van der Waals surface area contributed by atoms with Gasteiger partial charge in [0.25, 0.3) is 5.91 Å². The SMILES string of the molecule is O=C(NC1CCC(Nc2cc(C(F)(F)F)nc3ccc(Cl)cc23)CC1)c1cc2ccccc2o1. The fraction of sp³-hybridized carbons (Fsp3) is 0.280. The van der Waals surface area contributed by atoms with Crippen molar-refractivity contribution in [1.29, 1.82) is 0 Å². The van der Waals surface area contributed by atoms with E-state index in [1.165, 1.54) is 12.1 Å². The molecule has 0 aliphatic heterocycles. The van der Waals surface area contributed by atoms with E-state index in [0.29, 0.717) is 47.4 Å². The Kier molecular flexibility index (Phi) is 5.85. The molecular weight excluding hydrogens is 467 g/mol. The Bertz CT molecular complexity index is 1330. The number of benzene rings is 2. The number of carbonyl (C=O) groups is 1. The summed E-state index contributed by atoms with van der Waals surface area (Å²) < 4.78 is 45.7. The number of para-hydroxylation sites is 1. The molecule has 2 heterocycles. The number of carbonyl (C=O) groups excluding carboxylic acids is 1. The molecule has 34 heavy (non-hydrogen) atoms. The highest BCUT2D eigenvalue weighted by molar-refractivity contribution is 6.31. The third-order valence-corrected chi connectivity index (χ3v) is 6.37. The third-order valence-electron chi connectivity index (χ3n) is 6.13. The molecule has 1 amide bonds. The van der Waals surface area contributed by atoms with Crippen molar-refractivity contribution in [2.24, 2.45) is 0 Å². The lowest BCUT2D eigenvalue weighted by Crippen LogP contribution is -2.40. The average molecular weight is 488 g/mol. The van der Waals surface area contributed by atoms with E-state index in [-0.39, 0.29) is 29.3 Å². The molecule has 4 aromatic rings. The fourth-order valence-corrected chi connectivity index (χ4v) is 4.59. The Morgan fingerprint density at radius 2 is 1.74 bits per heavy atom. The zero-order valence-corrected chi connectivity index (χ0v) is 18.7. The molecule has 2 N–H and O–H groups in total. The summed E-state index contributed by atoms with van der Waals surface area (Å²) in [6.07, 6.45) is -1.78. The number of hydrogen-bond acceptors (Lipinski definition) is 4. The van der Waals surface area contributed by atoms with Crippen molar-refractivity contribution in [3.63, 3.8) is 0 Å². The van der Waals surface area contributed by atoms with E-state index in [9.17, 15) is 18.0 Å². The van der Waals surface area contributed by atoms with Crippen LogP contribution in [0.1, 0.15) is 41.9 Å². The summed E-state index contributed by atoms with van der Waals surface area (Å²) in [4.78, 5) is 16.4. The highest BCUT2D eigenvalue weighted by Gasteiger charge is 2.34. The standard InChI is InChI=1S/C25H21ClF3N3O2/c26-15-5-10-19-18(12-15)20(13-23(32-19)25(27,28)29)30-16-6-8-17(9-7-16)31-24(33)22-11-14-3-1-2-4-21(14)34-22/h1-5,10-13,16-17H,6-9H2,(H,30,32)(H,31,33). The van der Waals surface area contributed by atoms with E-state index >= 15 is 0 Å². The quantitative estimate of drug-likeness (QED) is 0.332. The van der Waals surface area contributed by atoms with Gasteiger partial charge in [0.1, 0.15) is 11.3 Å². The van der Waals surface area contributed by atoms with Gasteiger partial charge in [0.15, 0.2) is 5.76 Å². The van der Waals surface area contributed by atoms with Crippen LogP contribution in [0.15, 0.2) is 59.0 Å². The Morgan fingerprint density at radius 1 is 1.00 bits per heavy atom. The molecular formula is C25H21ClF3N3O2. The van der Waals surface area contributed by atoms with Gasteiger partial charge in [-0.05, 0) is 62.1 Å². The average Bonchev–Trinajstić information content (AvgIpc) is 3.24. The number of hydrogen-bond donors (Lipinski definition) is 2. The van der Waals surface area contributed by atoms with E-state index in [2.05, 4.69) is 15.6 Å². The third kappa shape index (κ3) is 4.68. The first-order valence-corrected chi connectivity index (χ1v) is 11.4. The smallest absolute Gasteiger partial charge is 0.433 e. The molecule has 5 rings (SSSR count). The number of halogens is 4. The van der Waals surface area contributed by atoms with Gasteiger partial charge < -0.3 is 15.1 Å². The monoisotopic (exact) mass is 487 g/mol. The summed E-state index contributed by atoms with van der Waals surface area (Å²) in [7, 11) is 0. The number of nitrogens with one attached hydrogen (secondary N) is 2. The van der Waals surface area contributed by atoms with Gasteiger partial charge in [0, 0.05) is 33.6 Å². The summed E-state index contributed by atoms with van der Waals surface area (Å²) in [5.74, 6) is -0.00143. The van der Waals surface area contributed by atoms with Crippen LogP contribution in [0, 0.1) is 0 Å². The van der Waals surface area contributed by atoms with Crippen LogP contribution < -0.4 is 10.6 Å². The molecule has 1 fully saturated rings. The molecule has 1 saturated carbocycles. The number of rotatable bonds is 4. The largest absolute Gasteiger partial charge is 0.451 e. The topological polar surface area (TPSA) is 67.2 Å². The first-order chi connectivity index (χ1) is 16.3. The van der Waals surface area contributed by atoms with Crippen molar-refractivity contribution in [3.05, 3.63) is 71.1 Å². The maximum Gasteiger partial charge on any atom is 0.433 e. The number of anilines is 1. The predicted molar refractivity (Wildman–Crippen MR) is 125 cm³/mol. The number of fused-ring (bicyclic) bond motifs is 2. The van der Waals surface area contributed by atoms with E-state index in [1.54, 1.807) is 12.1 Å². The normalized spacial score (nSPS) is 18.8. The number of alkyl halides is 3. The molecule has 0 atom stereocenters. The molecule has 5 nitrogen and oxygen atoms in total. The fourth-order valence-electron chi connectivity index (χ4n) is 4.41. The minimum Gasteiger partial charge on any atom is -0.451 e. The van der Waals surface area contributed by atoms with Crippen LogP contribution in [0.2, 0.25) is 5.02 Å². The summed E-state index contributed by atoms with van der Waals surface area (Å²) in [5.41, 5.74) is 0.295. The second-order valence-corrected chi connectivity index (χ2v) is 8.97. The van der Waals surface area contributed by atoms with Crippen molar-refractivity contribution in [2.45, 2.75) is 43.9 Å². The van der Waals surface area contributed by atoms with Gasteiger partial charge >= 0.3 is 6.18 Å². The van der Waals surface area contributed by atoms with Crippen molar-refractivity contribution in [3.8, 4) is 0 Å². The van der Waals surface area contributed by atoms with Gasteiger partial charge in [-0.2, -0.15) is 13.2 Å². The summed E-state index contributed by atoms with van der Waals surface area (Å²) in [5, 5.41) is 8.10. The van der Waals surface area contributed by atoms with Crippen molar-refractivity contribution in [1.82, 2.24) is 10.3 Å². The van der Waals surface area contributed by atoms with Gasteiger partial charge in [0.2, 0.25) is 0 Å². The molecule has 0 saturated heterocycles. The van der Waals surface area contributed by atoms with E-state index < -0.39 is 11.9 Å².